The molecule has 0 saturated carbocycles. The minimum Gasteiger partial charge on any atom is -0.382 e. The van der Waals surface area contributed by atoms with Gasteiger partial charge in [0.1, 0.15) is 11.5 Å². The second-order valence-electron chi connectivity index (χ2n) is 3.50. The van der Waals surface area contributed by atoms with E-state index in [4.69, 9.17) is 5.73 Å². The lowest BCUT2D eigenvalue weighted by Crippen LogP contribution is -2.14. The van der Waals surface area contributed by atoms with Gasteiger partial charge in [-0.05, 0) is 24.6 Å². The van der Waals surface area contributed by atoms with Crippen molar-refractivity contribution in [2.24, 2.45) is 10.7 Å². The second kappa shape index (κ2) is 3.69. The highest BCUT2D eigenvalue weighted by Crippen LogP contribution is 2.14. The Labute approximate surface area is 88.7 Å². The summed E-state index contributed by atoms with van der Waals surface area (Å²) in [5.74, 6) is 0.471. The number of amidine groups is 1. The number of fused-ring (bicyclic) bond motifs is 1. The van der Waals surface area contributed by atoms with Gasteiger partial charge in [-0.15, -0.1) is 0 Å². The zero-order valence-corrected chi connectivity index (χ0v) is 8.86. The van der Waals surface area contributed by atoms with Crippen molar-refractivity contribution in [2.75, 3.05) is 7.05 Å². The monoisotopic (exact) mass is 199 g/mol. The van der Waals surface area contributed by atoms with Crippen molar-refractivity contribution in [3.05, 3.63) is 41.6 Å². The van der Waals surface area contributed by atoms with E-state index in [-0.39, 0.29) is 0 Å². The summed E-state index contributed by atoms with van der Waals surface area (Å²) < 4.78 is 0. The lowest BCUT2D eigenvalue weighted by Gasteiger charge is -2.02. The molecular weight excluding hydrogens is 186 g/mol. The third-order valence-corrected chi connectivity index (χ3v) is 2.35. The molecule has 1 aromatic carbocycles. The smallest absolute Gasteiger partial charge is 0.144 e. The molecule has 0 unspecified atom stereocenters. The van der Waals surface area contributed by atoms with E-state index >= 15 is 0 Å². The Balaban J connectivity index is 2.64. The molecule has 0 aliphatic heterocycles. The molecule has 0 saturated heterocycles. The molecular formula is C12H13N3. The van der Waals surface area contributed by atoms with Crippen LogP contribution >= 0.6 is 0 Å². The van der Waals surface area contributed by atoms with E-state index in [0.29, 0.717) is 5.84 Å². The van der Waals surface area contributed by atoms with E-state index in [2.05, 4.69) is 22.1 Å². The Hall–Kier alpha value is -1.90. The Bertz CT molecular complexity index is 529. The lowest BCUT2D eigenvalue weighted by molar-refractivity contribution is 1.30. The highest BCUT2D eigenvalue weighted by atomic mass is 14.9. The van der Waals surface area contributed by atoms with Crippen molar-refractivity contribution in [1.29, 1.82) is 0 Å². The number of aromatic nitrogens is 1. The minimum absolute atomic E-state index is 0.471. The molecule has 0 amide bonds. The number of pyridine rings is 1. The number of hydrogen-bond donors (Lipinski definition) is 1. The highest BCUT2D eigenvalue weighted by molar-refractivity contribution is 5.97. The van der Waals surface area contributed by atoms with Crippen LogP contribution in [-0.4, -0.2) is 17.9 Å². The normalized spacial score (nSPS) is 12.0. The van der Waals surface area contributed by atoms with Gasteiger partial charge < -0.3 is 5.73 Å². The molecule has 1 heterocycles. The maximum Gasteiger partial charge on any atom is 0.144 e. The Morgan fingerprint density at radius 2 is 2.00 bits per heavy atom. The molecule has 3 heteroatoms. The molecule has 0 bridgehead atoms. The fourth-order valence-corrected chi connectivity index (χ4v) is 1.48. The fraction of sp³-hybridized carbons (Fsp3) is 0.167. The Kier molecular flexibility index (Phi) is 2.37. The van der Waals surface area contributed by atoms with Gasteiger partial charge in [0.25, 0.3) is 0 Å². The van der Waals surface area contributed by atoms with E-state index in [0.717, 1.165) is 16.6 Å². The third kappa shape index (κ3) is 1.81. The summed E-state index contributed by atoms with van der Waals surface area (Å²) >= 11 is 0. The van der Waals surface area contributed by atoms with Gasteiger partial charge in [-0.25, -0.2) is 4.98 Å². The van der Waals surface area contributed by atoms with E-state index < -0.39 is 0 Å². The predicted molar refractivity (Wildman–Crippen MR) is 63.1 cm³/mol. The topological polar surface area (TPSA) is 51.3 Å². The Morgan fingerprint density at radius 1 is 1.27 bits per heavy atom. The molecule has 0 aliphatic carbocycles. The maximum atomic E-state index is 5.71. The summed E-state index contributed by atoms with van der Waals surface area (Å²) in [6.45, 7) is 2.05. The summed E-state index contributed by atoms with van der Waals surface area (Å²) in [6, 6.07) is 10.1. The molecule has 0 aliphatic rings. The van der Waals surface area contributed by atoms with E-state index in [9.17, 15) is 0 Å². The molecule has 2 N–H and O–H groups in total. The van der Waals surface area contributed by atoms with E-state index in [1.165, 1.54) is 5.56 Å². The van der Waals surface area contributed by atoms with Gasteiger partial charge >= 0.3 is 0 Å². The number of nitrogens with two attached hydrogens (primary N) is 1. The van der Waals surface area contributed by atoms with Crippen LogP contribution in [0.3, 0.4) is 0 Å². The zero-order valence-electron chi connectivity index (χ0n) is 8.86. The van der Waals surface area contributed by atoms with Crippen LogP contribution in [0, 0.1) is 6.92 Å². The number of rotatable bonds is 1. The van der Waals surface area contributed by atoms with Crippen LogP contribution in [0.2, 0.25) is 0 Å². The standard InChI is InChI=1S/C12H13N3/c1-8-3-4-9-5-6-10(12(13)14-2)15-11(9)7-8/h3-7H,1-2H3,(H2,13,14). The second-order valence-corrected chi connectivity index (χ2v) is 3.50. The molecule has 0 atom stereocenters. The van der Waals surface area contributed by atoms with Gasteiger partial charge in [0.05, 0.1) is 5.52 Å². The average molecular weight is 199 g/mol. The third-order valence-electron chi connectivity index (χ3n) is 2.35. The number of benzene rings is 1. The molecule has 2 rings (SSSR count). The molecule has 15 heavy (non-hydrogen) atoms. The van der Waals surface area contributed by atoms with Crippen LogP contribution < -0.4 is 5.73 Å². The van der Waals surface area contributed by atoms with Crippen LogP contribution in [0.5, 0.6) is 0 Å². The predicted octanol–water partition coefficient (Wildman–Crippen LogP) is 1.88. The molecule has 76 valence electrons. The quantitative estimate of drug-likeness (QED) is 0.563. The van der Waals surface area contributed by atoms with Crippen molar-refractivity contribution >= 4 is 16.7 Å². The van der Waals surface area contributed by atoms with Gasteiger partial charge in [-0.2, -0.15) is 0 Å². The SMILES string of the molecule is CN=C(N)c1ccc2ccc(C)cc2n1. The minimum atomic E-state index is 0.471. The zero-order chi connectivity index (χ0) is 10.8. The van der Waals surface area contributed by atoms with Gasteiger partial charge in [-0.1, -0.05) is 18.2 Å². The summed E-state index contributed by atoms with van der Waals surface area (Å²) in [6.07, 6.45) is 0. The summed E-state index contributed by atoms with van der Waals surface area (Å²) in [4.78, 5) is 8.37. The van der Waals surface area contributed by atoms with Crippen LogP contribution in [0.25, 0.3) is 10.9 Å². The highest BCUT2D eigenvalue weighted by Gasteiger charge is 2.01. The molecule has 0 spiro atoms. The van der Waals surface area contributed by atoms with Crippen LogP contribution in [-0.2, 0) is 0 Å². The van der Waals surface area contributed by atoms with Crippen molar-refractivity contribution in [3.63, 3.8) is 0 Å². The van der Waals surface area contributed by atoms with Crippen molar-refractivity contribution in [1.82, 2.24) is 4.98 Å². The summed E-state index contributed by atoms with van der Waals surface area (Å²) in [7, 11) is 1.66. The number of aryl methyl sites for hydroxylation is 1. The van der Waals surface area contributed by atoms with Crippen LogP contribution in [0.1, 0.15) is 11.3 Å². The van der Waals surface area contributed by atoms with Gasteiger partial charge in [0.15, 0.2) is 0 Å². The van der Waals surface area contributed by atoms with Crippen molar-refractivity contribution in [2.45, 2.75) is 6.92 Å². The average Bonchev–Trinajstić information content (AvgIpc) is 2.27. The number of aliphatic imine (C=N–C) groups is 1. The van der Waals surface area contributed by atoms with E-state index in [1.807, 2.05) is 25.1 Å². The van der Waals surface area contributed by atoms with Crippen LogP contribution in [0.4, 0.5) is 0 Å². The summed E-state index contributed by atoms with van der Waals surface area (Å²) in [5.41, 5.74) is 8.59. The molecule has 1 aromatic heterocycles. The van der Waals surface area contributed by atoms with Crippen LogP contribution in [0.15, 0.2) is 35.3 Å². The van der Waals surface area contributed by atoms with E-state index in [1.54, 1.807) is 7.05 Å². The molecule has 0 radical (unpaired) electrons. The largest absolute Gasteiger partial charge is 0.382 e. The Morgan fingerprint density at radius 3 is 2.73 bits per heavy atom. The first-order chi connectivity index (χ1) is 7.20. The number of hydrogen-bond acceptors (Lipinski definition) is 2. The van der Waals surface area contributed by atoms with Gasteiger partial charge in [0.2, 0.25) is 0 Å². The summed E-state index contributed by atoms with van der Waals surface area (Å²) in [5, 5.41) is 1.12. The molecule has 0 fully saturated rings. The van der Waals surface area contributed by atoms with Gasteiger partial charge in [-0.3, -0.25) is 4.99 Å². The molecule has 3 nitrogen and oxygen atoms in total. The van der Waals surface area contributed by atoms with Crippen molar-refractivity contribution in [3.8, 4) is 0 Å². The van der Waals surface area contributed by atoms with Gasteiger partial charge in [0, 0.05) is 12.4 Å². The first-order valence-electron chi connectivity index (χ1n) is 4.81. The maximum absolute atomic E-state index is 5.71. The first-order valence-corrected chi connectivity index (χ1v) is 4.81. The fourth-order valence-electron chi connectivity index (χ4n) is 1.48. The first kappa shape index (κ1) is 9.65. The number of nitrogens with zero attached hydrogens (tertiary/aromatic N) is 2. The lowest BCUT2D eigenvalue weighted by atomic mass is 10.1. The van der Waals surface area contributed by atoms with Crippen molar-refractivity contribution < 1.29 is 0 Å². The molecule has 2 aromatic rings.